The lowest BCUT2D eigenvalue weighted by Crippen LogP contribution is -2.39. The summed E-state index contributed by atoms with van der Waals surface area (Å²) >= 11 is 6.60. The topological polar surface area (TPSA) is 96.9 Å². The van der Waals surface area contributed by atoms with E-state index in [9.17, 15) is 9.59 Å². The molecular weight excluding hydrogens is 799 g/mol. The Hall–Kier alpha value is -4.97. The number of carbonyl (C=O) groups excluding carboxylic acids is 2. The van der Waals surface area contributed by atoms with E-state index in [0.29, 0.717) is 38.8 Å². The van der Waals surface area contributed by atoms with E-state index in [1.54, 1.807) is 22.7 Å². The number of halogens is 1. The molecular formula is C46H44BrN5O2S2. The van der Waals surface area contributed by atoms with Crippen LogP contribution < -0.4 is 10.6 Å². The number of hydrogen-bond donors (Lipinski definition) is 2. The standard InChI is InChI=1S/C26H25N3OS.C20H19BrN2OS/c1-19-12-23(10-11-27-19)22-9-5-8-21(13-22)15-26(30)25(14-20-6-3-2-4-7-20)28-16-24-17-31-18-29-24;21-17-8-4-7-16(9-17)11-20(24)19(10-15-5-2-1-3-6-15)22-12-18-13-25-14-23-18/h2-13,17-18,25,28H,14-16H2,1H3;1-9,13-14,19,22H,10-12H2/t25-;19-/m00/s1. The lowest BCUT2D eigenvalue weighted by atomic mass is 9.95. The number of nitrogens with one attached hydrogen (secondary N) is 2. The van der Waals surface area contributed by atoms with E-state index in [4.69, 9.17) is 0 Å². The fraction of sp³-hybridized carbons (Fsp3) is 0.196. The lowest BCUT2D eigenvalue weighted by molar-refractivity contribution is -0.121. The maximum absolute atomic E-state index is 13.3. The average molecular weight is 843 g/mol. The monoisotopic (exact) mass is 841 g/mol. The molecule has 7 aromatic rings. The van der Waals surface area contributed by atoms with Gasteiger partial charge >= 0.3 is 0 Å². The van der Waals surface area contributed by atoms with Gasteiger partial charge in [-0.25, -0.2) is 9.97 Å². The number of aromatic nitrogens is 3. The Bertz CT molecular complexity index is 2250. The molecule has 10 heteroatoms. The van der Waals surface area contributed by atoms with Crippen molar-refractivity contribution in [2.75, 3.05) is 0 Å². The number of benzene rings is 4. The molecule has 2 N–H and O–H groups in total. The van der Waals surface area contributed by atoms with Gasteiger partial charge in [0.1, 0.15) is 0 Å². The number of ketones is 2. The molecule has 0 saturated carbocycles. The summed E-state index contributed by atoms with van der Waals surface area (Å²) in [4.78, 5) is 39.1. The third-order valence-corrected chi connectivity index (χ3v) is 10.9. The van der Waals surface area contributed by atoms with Crippen LogP contribution in [0.1, 0.15) is 39.3 Å². The van der Waals surface area contributed by atoms with E-state index in [-0.39, 0.29) is 23.7 Å². The maximum atomic E-state index is 13.3. The smallest absolute Gasteiger partial charge is 0.154 e. The van der Waals surface area contributed by atoms with E-state index in [1.165, 1.54) is 0 Å². The highest BCUT2D eigenvalue weighted by Crippen LogP contribution is 2.22. The summed E-state index contributed by atoms with van der Waals surface area (Å²) in [5.41, 5.74) is 13.1. The molecule has 0 saturated heterocycles. The number of pyridine rings is 1. The quantitative estimate of drug-likeness (QED) is 0.0944. The zero-order valence-electron chi connectivity index (χ0n) is 31.2. The third-order valence-electron chi connectivity index (χ3n) is 9.17. The summed E-state index contributed by atoms with van der Waals surface area (Å²) < 4.78 is 0.993. The van der Waals surface area contributed by atoms with Crippen LogP contribution in [0.4, 0.5) is 0 Å². The molecule has 7 nitrogen and oxygen atoms in total. The van der Waals surface area contributed by atoms with Crippen LogP contribution in [-0.2, 0) is 48.4 Å². The summed E-state index contributed by atoms with van der Waals surface area (Å²) in [6, 6.07) is 40.0. The highest BCUT2D eigenvalue weighted by atomic mass is 79.9. The van der Waals surface area contributed by atoms with Crippen molar-refractivity contribution in [3.8, 4) is 11.1 Å². The van der Waals surface area contributed by atoms with Gasteiger partial charge in [0.25, 0.3) is 0 Å². The Labute approximate surface area is 345 Å². The summed E-state index contributed by atoms with van der Waals surface area (Å²) in [7, 11) is 0. The molecule has 0 radical (unpaired) electrons. The van der Waals surface area contributed by atoms with Crippen LogP contribution in [0, 0.1) is 6.92 Å². The van der Waals surface area contributed by atoms with Crippen LogP contribution in [0.5, 0.6) is 0 Å². The maximum Gasteiger partial charge on any atom is 0.154 e. The van der Waals surface area contributed by atoms with Gasteiger partial charge in [-0.2, -0.15) is 0 Å². The third kappa shape index (κ3) is 13.1. The molecule has 3 heterocycles. The largest absolute Gasteiger partial charge is 0.301 e. The summed E-state index contributed by atoms with van der Waals surface area (Å²) in [5.74, 6) is 0.374. The molecule has 3 aromatic heterocycles. The molecule has 4 aromatic carbocycles. The van der Waals surface area contributed by atoms with Crippen LogP contribution in [0.2, 0.25) is 0 Å². The minimum atomic E-state index is -0.268. The summed E-state index contributed by atoms with van der Waals surface area (Å²) in [6.45, 7) is 3.17. The number of aryl methyl sites for hydroxylation is 1. The number of Topliss-reactive ketones (excluding diaryl/α,β-unsaturated/α-hetero) is 2. The van der Waals surface area contributed by atoms with Gasteiger partial charge in [-0.05, 0) is 77.4 Å². The highest BCUT2D eigenvalue weighted by molar-refractivity contribution is 9.10. The Morgan fingerprint density at radius 3 is 1.59 bits per heavy atom. The molecule has 2 atom stereocenters. The number of thiazole rings is 2. The normalized spacial score (nSPS) is 12.0. The van der Waals surface area contributed by atoms with Gasteiger partial charge in [-0.15, -0.1) is 22.7 Å². The Morgan fingerprint density at radius 1 is 0.589 bits per heavy atom. The second kappa shape index (κ2) is 21.4. The Morgan fingerprint density at radius 2 is 1.09 bits per heavy atom. The minimum Gasteiger partial charge on any atom is -0.301 e. The second-order valence-corrected chi connectivity index (χ2v) is 15.9. The van der Waals surface area contributed by atoms with Crippen molar-refractivity contribution in [3.63, 3.8) is 0 Å². The van der Waals surface area contributed by atoms with Crippen molar-refractivity contribution in [1.82, 2.24) is 25.6 Å². The molecule has 0 aliphatic carbocycles. The Kier molecular flexibility index (Phi) is 15.5. The number of rotatable bonds is 17. The van der Waals surface area contributed by atoms with Crippen LogP contribution in [0.3, 0.4) is 0 Å². The fourth-order valence-corrected chi connectivity index (χ4v) is 7.85. The average Bonchev–Trinajstić information content (AvgIpc) is 3.95. The molecule has 0 aliphatic rings. The summed E-state index contributed by atoms with van der Waals surface area (Å²) in [6.07, 6.45) is 3.96. The molecule has 0 amide bonds. The van der Waals surface area contributed by atoms with E-state index in [2.05, 4.69) is 84.0 Å². The van der Waals surface area contributed by atoms with Crippen LogP contribution in [0.15, 0.2) is 154 Å². The molecule has 0 aliphatic heterocycles. The minimum absolute atomic E-state index is 0.183. The van der Waals surface area contributed by atoms with Gasteiger partial charge in [0.15, 0.2) is 11.6 Å². The zero-order valence-corrected chi connectivity index (χ0v) is 34.4. The fourth-order valence-electron chi connectivity index (χ4n) is 6.29. The number of carbonyl (C=O) groups is 2. The van der Waals surface area contributed by atoms with Crippen molar-refractivity contribution in [2.45, 2.75) is 57.8 Å². The molecule has 56 heavy (non-hydrogen) atoms. The van der Waals surface area contributed by atoms with Crippen LogP contribution in [0.25, 0.3) is 11.1 Å². The second-order valence-electron chi connectivity index (χ2n) is 13.5. The molecule has 284 valence electrons. The van der Waals surface area contributed by atoms with Gasteiger partial charge in [0, 0.05) is 53.1 Å². The Balaban J connectivity index is 0.000000194. The first-order valence-corrected chi connectivity index (χ1v) is 21.2. The van der Waals surface area contributed by atoms with Gasteiger partial charge in [0.05, 0.1) is 34.5 Å². The van der Waals surface area contributed by atoms with E-state index >= 15 is 0 Å². The first-order chi connectivity index (χ1) is 27.4. The first-order valence-electron chi connectivity index (χ1n) is 18.5. The number of nitrogens with zero attached hydrogens (tertiary/aromatic N) is 3. The molecule has 0 unspecified atom stereocenters. The SMILES string of the molecule is Cc1cc(-c2cccc(CC(=O)[C@H](Cc3ccccc3)NCc3cscn3)c2)ccn1.O=C(Cc1cccc(Br)c1)[C@H](Cc1ccccc1)NCc1cscn1. The summed E-state index contributed by atoms with van der Waals surface area (Å²) in [5, 5.41) is 10.8. The van der Waals surface area contributed by atoms with Crippen LogP contribution >= 0.6 is 38.6 Å². The van der Waals surface area contributed by atoms with Crippen molar-refractivity contribution in [1.29, 1.82) is 0 Å². The molecule has 0 fully saturated rings. The number of hydrogen-bond acceptors (Lipinski definition) is 9. The predicted molar refractivity (Wildman–Crippen MR) is 232 cm³/mol. The van der Waals surface area contributed by atoms with Gasteiger partial charge in [-0.3, -0.25) is 14.6 Å². The molecule has 0 bridgehead atoms. The first kappa shape index (κ1) is 40.7. The van der Waals surface area contributed by atoms with E-state index in [0.717, 1.165) is 54.9 Å². The van der Waals surface area contributed by atoms with Gasteiger partial charge in [-0.1, -0.05) is 113 Å². The highest BCUT2D eigenvalue weighted by Gasteiger charge is 2.21. The predicted octanol–water partition coefficient (Wildman–Crippen LogP) is 9.44. The van der Waals surface area contributed by atoms with Crippen LogP contribution in [-0.4, -0.2) is 38.6 Å². The van der Waals surface area contributed by atoms with E-state index < -0.39 is 0 Å². The molecule has 0 spiro atoms. The zero-order chi connectivity index (χ0) is 39.0. The van der Waals surface area contributed by atoms with Crippen molar-refractivity contribution >= 4 is 50.2 Å². The lowest BCUT2D eigenvalue weighted by Gasteiger charge is -2.18. The van der Waals surface area contributed by atoms with Crippen molar-refractivity contribution in [3.05, 3.63) is 193 Å². The van der Waals surface area contributed by atoms with Crippen molar-refractivity contribution in [2.24, 2.45) is 0 Å². The van der Waals surface area contributed by atoms with Gasteiger partial charge in [0.2, 0.25) is 0 Å². The molecule has 7 rings (SSSR count). The van der Waals surface area contributed by atoms with Crippen molar-refractivity contribution < 1.29 is 9.59 Å². The van der Waals surface area contributed by atoms with Gasteiger partial charge < -0.3 is 10.6 Å². The van der Waals surface area contributed by atoms with E-state index in [1.807, 2.05) is 114 Å².